The number of alkyl halides is 3. The van der Waals surface area contributed by atoms with Crippen LogP contribution in [0.4, 0.5) is 23.2 Å². The molecule has 0 saturated heterocycles. The standard InChI is InChI=1S/C24H17F4N3O2/c25-22-15(5-3-8-19(22)24(26,27)28)13-21(32)30-20-9-4-7-18-17(20)10-12-31(23(18)33)14-16-6-1-2-11-29-16/h1-12H,13-14H2,(H,30,32). The number of anilines is 1. The van der Waals surface area contributed by atoms with Gasteiger partial charge in [-0.15, -0.1) is 0 Å². The van der Waals surface area contributed by atoms with Gasteiger partial charge in [0, 0.05) is 28.9 Å². The minimum atomic E-state index is -4.86. The second-order valence-electron chi connectivity index (χ2n) is 7.34. The molecule has 4 rings (SSSR count). The number of halogens is 4. The highest BCUT2D eigenvalue weighted by Gasteiger charge is 2.34. The average Bonchev–Trinajstić information content (AvgIpc) is 2.77. The van der Waals surface area contributed by atoms with Crippen molar-refractivity contribution in [2.45, 2.75) is 19.1 Å². The van der Waals surface area contributed by atoms with Gasteiger partial charge in [0.25, 0.3) is 5.56 Å². The topological polar surface area (TPSA) is 64.0 Å². The molecular formula is C24H17F4N3O2. The fraction of sp³-hybridized carbons (Fsp3) is 0.125. The van der Waals surface area contributed by atoms with E-state index >= 15 is 0 Å². The molecule has 2 aromatic heterocycles. The van der Waals surface area contributed by atoms with Crippen molar-refractivity contribution in [2.24, 2.45) is 0 Å². The van der Waals surface area contributed by atoms with Gasteiger partial charge in [0.15, 0.2) is 0 Å². The number of carbonyl (C=O) groups excluding carboxylic acids is 1. The van der Waals surface area contributed by atoms with Crippen LogP contribution in [0.25, 0.3) is 10.8 Å². The summed E-state index contributed by atoms with van der Waals surface area (Å²) in [6, 6.07) is 14.6. The summed E-state index contributed by atoms with van der Waals surface area (Å²) in [4.78, 5) is 29.6. The zero-order valence-corrected chi connectivity index (χ0v) is 17.1. The van der Waals surface area contributed by atoms with Crippen LogP contribution < -0.4 is 10.9 Å². The van der Waals surface area contributed by atoms with E-state index in [1.807, 2.05) is 6.07 Å². The molecule has 2 heterocycles. The molecule has 0 saturated carbocycles. The molecule has 1 amide bonds. The van der Waals surface area contributed by atoms with E-state index in [-0.39, 0.29) is 17.7 Å². The van der Waals surface area contributed by atoms with Gasteiger partial charge in [-0.1, -0.05) is 24.3 Å². The van der Waals surface area contributed by atoms with Crippen LogP contribution in [0.1, 0.15) is 16.8 Å². The maximum absolute atomic E-state index is 14.2. The first-order chi connectivity index (χ1) is 15.7. The van der Waals surface area contributed by atoms with Gasteiger partial charge in [0.1, 0.15) is 5.82 Å². The fourth-order valence-electron chi connectivity index (χ4n) is 3.52. The Morgan fingerprint density at radius 1 is 0.970 bits per heavy atom. The molecule has 5 nitrogen and oxygen atoms in total. The quantitative estimate of drug-likeness (QED) is 0.441. The van der Waals surface area contributed by atoms with Crippen molar-refractivity contribution in [1.82, 2.24) is 9.55 Å². The molecule has 0 aliphatic carbocycles. The van der Waals surface area contributed by atoms with Crippen molar-refractivity contribution < 1.29 is 22.4 Å². The van der Waals surface area contributed by atoms with E-state index in [9.17, 15) is 27.2 Å². The zero-order chi connectivity index (χ0) is 23.6. The lowest BCUT2D eigenvalue weighted by atomic mass is 10.1. The van der Waals surface area contributed by atoms with Gasteiger partial charge in [0.2, 0.25) is 5.91 Å². The summed E-state index contributed by atoms with van der Waals surface area (Å²) in [5, 5.41) is 3.37. The molecule has 4 aromatic rings. The number of hydrogen-bond donors (Lipinski definition) is 1. The van der Waals surface area contributed by atoms with E-state index < -0.39 is 29.9 Å². The molecule has 0 aliphatic rings. The summed E-state index contributed by atoms with van der Waals surface area (Å²) in [5.41, 5.74) is -1.09. The number of nitrogens with one attached hydrogen (secondary N) is 1. The maximum atomic E-state index is 14.2. The molecule has 2 aromatic carbocycles. The summed E-state index contributed by atoms with van der Waals surface area (Å²) in [7, 11) is 0. The van der Waals surface area contributed by atoms with Gasteiger partial charge in [-0.25, -0.2) is 4.39 Å². The molecular weight excluding hydrogens is 438 g/mol. The van der Waals surface area contributed by atoms with Crippen molar-refractivity contribution >= 4 is 22.4 Å². The molecule has 0 fully saturated rings. The number of rotatable bonds is 5. The number of amides is 1. The Balaban J connectivity index is 1.59. The maximum Gasteiger partial charge on any atom is 0.419 e. The summed E-state index contributed by atoms with van der Waals surface area (Å²) in [5.74, 6) is -2.19. The molecule has 0 spiro atoms. The summed E-state index contributed by atoms with van der Waals surface area (Å²) in [6.07, 6.45) is -2.26. The third kappa shape index (κ3) is 4.77. The van der Waals surface area contributed by atoms with Crippen LogP contribution in [0.2, 0.25) is 0 Å². The van der Waals surface area contributed by atoms with Gasteiger partial charge in [-0.05, 0) is 42.0 Å². The predicted octanol–water partition coefficient (Wildman–Crippen LogP) is 4.78. The fourth-order valence-corrected chi connectivity index (χ4v) is 3.52. The number of benzene rings is 2. The van der Waals surface area contributed by atoms with E-state index in [0.29, 0.717) is 28.2 Å². The first-order valence-electron chi connectivity index (χ1n) is 9.90. The van der Waals surface area contributed by atoms with Crippen molar-refractivity contribution in [3.63, 3.8) is 0 Å². The minimum absolute atomic E-state index is 0.265. The Hall–Kier alpha value is -4.01. The Bertz CT molecular complexity index is 1380. The number of aromatic nitrogens is 2. The second kappa shape index (κ2) is 8.85. The number of hydrogen-bond acceptors (Lipinski definition) is 3. The van der Waals surface area contributed by atoms with Crippen molar-refractivity contribution in [1.29, 1.82) is 0 Å². The molecule has 9 heteroatoms. The van der Waals surface area contributed by atoms with Gasteiger partial charge in [-0.3, -0.25) is 14.6 Å². The normalized spacial score (nSPS) is 11.5. The van der Waals surface area contributed by atoms with Gasteiger partial charge < -0.3 is 9.88 Å². The third-order valence-corrected chi connectivity index (χ3v) is 5.09. The van der Waals surface area contributed by atoms with Crippen molar-refractivity contribution in [3.8, 4) is 0 Å². The molecule has 0 aliphatic heterocycles. The van der Waals surface area contributed by atoms with Crippen LogP contribution in [-0.4, -0.2) is 15.5 Å². The smallest absolute Gasteiger partial charge is 0.325 e. The lowest BCUT2D eigenvalue weighted by molar-refractivity contribution is -0.140. The van der Waals surface area contributed by atoms with E-state index in [4.69, 9.17) is 0 Å². The van der Waals surface area contributed by atoms with Crippen LogP contribution in [0.5, 0.6) is 0 Å². The largest absolute Gasteiger partial charge is 0.419 e. The number of carbonyl (C=O) groups is 1. The van der Waals surface area contributed by atoms with Gasteiger partial charge in [0.05, 0.1) is 24.2 Å². The summed E-state index contributed by atoms with van der Waals surface area (Å²) in [6.45, 7) is 0.265. The number of pyridine rings is 2. The Morgan fingerprint density at radius 2 is 1.76 bits per heavy atom. The molecule has 0 atom stereocenters. The van der Waals surface area contributed by atoms with Crippen LogP contribution in [-0.2, 0) is 23.9 Å². The Kier molecular flexibility index (Phi) is 5.95. The Labute approximate surface area is 185 Å². The van der Waals surface area contributed by atoms with E-state index in [0.717, 1.165) is 12.1 Å². The van der Waals surface area contributed by atoms with E-state index in [2.05, 4.69) is 10.3 Å². The van der Waals surface area contributed by atoms with Gasteiger partial charge in [-0.2, -0.15) is 13.2 Å². The number of fused-ring (bicyclic) bond motifs is 1. The molecule has 0 bridgehead atoms. The predicted molar refractivity (Wildman–Crippen MR) is 115 cm³/mol. The molecule has 168 valence electrons. The minimum Gasteiger partial charge on any atom is -0.325 e. The average molecular weight is 455 g/mol. The molecule has 0 radical (unpaired) electrons. The second-order valence-corrected chi connectivity index (χ2v) is 7.34. The molecule has 0 unspecified atom stereocenters. The highest BCUT2D eigenvalue weighted by Crippen LogP contribution is 2.32. The first kappa shape index (κ1) is 22.2. The lowest BCUT2D eigenvalue weighted by Crippen LogP contribution is -2.21. The van der Waals surface area contributed by atoms with Crippen molar-refractivity contribution in [3.05, 3.63) is 106 Å². The zero-order valence-electron chi connectivity index (χ0n) is 17.1. The lowest BCUT2D eigenvalue weighted by Gasteiger charge is -2.13. The SMILES string of the molecule is O=C(Cc1cccc(C(F)(F)F)c1F)Nc1cccc2c(=O)n(Cc3ccccn3)ccc12. The molecule has 33 heavy (non-hydrogen) atoms. The van der Waals surface area contributed by atoms with E-state index in [1.165, 1.54) is 4.57 Å². The third-order valence-electron chi connectivity index (χ3n) is 5.09. The highest BCUT2D eigenvalue weighted by atomic mass is 19.4. The number of nitrogens with zero attached hydrogens (tertiary/aromatic N) is 2. The van der Waals surface area contributed by atoms with E-state index in [1.54, 1.807) is 48.8 Å². The van der Waals surface area contributed by atoms with Crippen LogP contribution >= 0.6 is 0 Å². The van der Waals surface area contributed by atoms with Crippen molar-refractivity contribution in [2.75, 3.05) is 5.32 Å². The molecule has 1 N–H and O–H groups in total. The highest BCUT2D eigenvalue weighted by molar-refractivity contribution is 6.02. The Morgan fingerprint density at radius 3 is 2.48 bits per heavy atom. The first-order valence-corrected chi connectivity index (χ1v) is 9.90. The monoisotopic (exact) mass is 455 g/mol. The van der Waals surface area contributed by atoms with Gasteiger partial charge >= 0.3 is 6.18 Å². The summed E-state index contributed by atoms with van der Waals surface area (Å²) >= 11 is 0. The van der Waals surface area contributed by atoms with Crippen LogP contribution in [0, 0.1) is 5.82 Å². The van der Waals surface area contributed by atoms with Crippen LogP contribution in [0.3, 0.4) is 0 Å². The summed E-state index contributed by atoms with van der Waals surface area (Å²) < 4.78 is 54.5. The van der Waals surface area contributed by atoms with Crippen LogP contribution in [0.15, 0.2) is 77.9 Å².